The van der Waals surface area contributed by atoms with Crippen LogP contribution in [0.4, 0.5) is 0 Å². The normalized spacial score (nSPS) is 34.1. The largest absolute Gasteiger partial charge is 0.464 e. The summed E-state index contributed by atoms with van der Waals surface area (Å²) in [5, 5.41) is 0. The number of esters is 2. The van der Waals surface area contributed by atoms with Gasteiger partial charge in [0, 0.05) is 0 Å². The van der Waals surface area contributed by atoms with Crippen LogP contribution in [-0.2, 0) is 38.0 Å². The first-order valence-corrected chi connectivity index (χ1v) is 8.14. The van der Waals surface area contributed by atoms with Gasteiger partial charge in [0.1, 0.15) is 12.2 Å². The smallest absolute Gasteiger partial charge is 0.338 e. The van der Waals surface area contributed by atoms with Crippen molar-refractivity contribution in [2.24, 2.45) is 0 Å². The maximum absolute atomic E-state index is 12.2. The molecule has 0 aromatic heterocycles. The molecule has 2 aliphatic rings. The average molecular weight is 346 g/mol. The number of rotatable bonds is 5. The minimum atomic E-state index is -1.02. The van der Waals surface area contributed by atoms with Gasteiger partial charge in [-0.05, 0) is 41.5 Å². The lowest BCUT2D eigenvalue weighted by atomic mass is 10.0. The Morgan fingerprint density at radius 2 is 1.08 bits per heavy atom. The van der Waals surface area contributed by atoms with Gasteiger partial charge < -0.3 is 28.4 Å². The summed E-state index contributed by atoms with van der Waals surface area (Å²) in [6.45, 7) is 10.5. The van der Waals surface area contributed by atoms with Crippen molar-refractivity contribution in [2.75, 3.05) is 13.2 Å². The molecule has 0 spiro atoms. The molecule has 0 saturated carbocycles. The monoisotopic (exact) mass is 346 g/mol. The summed E-state index contributed by atoms with van der Waals surface area (Å²) in [4.78, 5) is 24.4. The maximum atomic E-state index is 12.2. The van der Waals surface area contributed by atoms with Crippen molar-refractivity contribution in [1.82, 2.24) is 0 Å². The lowest BCUT2D eigenvalue weighted by Gasteiger charge is -2.24. The highest BCUT2D eigenvalue weighted by Gasteiger charge is 2.58. The third kappa shape index (κ3) is 4.05. The van der Waals surface area contributed by atoms with Gasteiger partial charge >= 0.3 is 11.9 Å². The number of ether oxygens (including phenoxy) is 6. The topological polar surface area (TPSA) is 89.5 Å². The summed E-state index contributed by atoms with van der Waals surface area (Å²) in [5.41, 5.74) is 0. The van der Waals surface area contributed by atoms with E-state index in [1.54, 1.807) is 41.5 Å². The quantitative estimate of drug-likeness (QED) is 0.685. The second-order valence-electron chi connectivity index (χ2n) is 6.55. The Morgan fingerprint density at radius 3 is 1.38 bits per heavy atom. The van der Waals surface area contributed by atoms with E-state index in [4.69, 9.17) is 28.4 Å². The Balaban J connectivity index is 2.26. The van der Waals surface area contributed by atoms with Crippen molar-refractivity contribution in [2.45, 2.75) is 77.5 Å². The molecular weight excluding hydrogens is 320 g/mol. The van der Waals surface area contributed by atoms with Crippen molar-refractivity contribution in [3.63, 3.8) is 0 Å². The van der Waals surface area contributed by atoms with Crippen LogP contribution < -0.4 is 0 Å². The zero-order chi connectivity index (χ0) is 18.1. The van der Waals surface area contributed by atoms with Crippen molar-refractivity contribution >= 4 is 11.9 Å². The van der Waals surface area contributed by atoms with Gasteiger partial charge in [-0.3, -0.25) is 0 Å². The third-order valence-electron chi connectivity index (χ3n) is 3.62. The standard InChI is InChI=1S/C16H26O8/c1-7-19-13(17)11-9(21-15(3,4)23-11)10-12(14(18)20-8-2)24-16(5,6)22-10/h9-12H,7-8H2,1-6H3/t9-,10+,11-,12+. The molecule has 0 unspecified atom stereocenters. The Kier molecular flexibility index (Phi) is 5.54. The molecule has 0 aromatic rings. The SMILES string of the molecule is CCOC(=O)[C@H]1OC(C)(C)O[C@H]1[C@H]1OC(C)(C)O[C@H]1C(=O)OCC. The highest BCUT2D eigenvalue weighted by molar-refractivity contribution is 5.78. The lowest BCUT2D eigenvalue weighted by Crippen LogP contribution is -2.48. The first-order valence-electron chi connectivity index (χ1n) is 8.14. The Labute approximate surface area is 141 Å². The van der Waals surface area contributed by atoms with E-state index in [-0.39, 0.29) is 13.2 Å². The minimum absolute atomic E-state index is 0.209. The van der Waals surface area contributed by atoms with E-state index < -0.39 is 47.9 Å². The van der Waals surface area contributed by atoms with Crippen LogP contribution in [0, 0.1) is 0 Å². The predicted molar refractivity (Wildman–Crippen MR) is 80.9 cm³/mol. The van der Waals surface area contributed by atoms with Crippen LogP contribution in [0.15, 0.2) is 0 Å². The van der Waals surface area contributed by atoms with Gasteiger partial charge in [-0.1, -0.05) is 0 Å². The molecule has 2 heterocycles. The van der Waals surface area contributed by atoms with E-state index >= 15 is 0 Å². The van der Waals surface area contributed by atoms with Crippen LogP contribution in [0.3, 0.4) is 0 Å². The van der Waals surface area contributed by atoms with E-state index in [1.165, 1.54) is 0 Å². The first kappa shape index (κ1) is 19.1. The highest BCUT2D eigenvalue weighted by Crippen LogP contribution is 2.39. The van der Waals surface area contributed by atoms with Crippen LogP contribution in [0.1, 0.15) is 41.5 Å². The minimum Gasteiger partial charge on any atom is -0.464 e. The van der Waals surface area contributed by atoms with Crippen LogP contribution in [0.2, 0.25) is 0 Å². The molecule has 0 aromatic carbocycles. The summed E-state index contributed by atoms with van der Waals surface area (Å²) in [7, 11) is 0. The third-order valence-corrected chi connectivity index (χ3v) is 3.62. The van der Waals surface area contributed by atoms with Gasteiger partial charge in [0.2, 0.25) is 0 Å². The van der Waals surface area contributed by atoms with Gasteiger partial charge in [-0.25, -0.2) is 9.59 Å². The first-order chi connectivity index (χ1) is 11.1. The fourth-order valence-corrected chi connectivity index (χ4v) is 2.87. The fourth-order valence-electron chi connectivity index (χ4n) is 2.87. The van der Waals surface area contributed by atoms with Crippen molar-refractivity contribution in [3.05, 3.63) is 0 Å². The van der Waals surface area contributed by atoms with E-state index in [1.807, 2.05) is 0 Å². The molecule has 0 amide bonds. The van der Waals surface area contributed by atoms with Gasteiger partial charge in [0.15, 0.2) is 23.8 Å². The molecule has 0 aliphatic carbocycles. The maximum Gasteiger partial charge on any atom is 0.338 e. The Bertz CT molecular complexity index is 442. The number of carbonyl (C=O) groups is 2. The van der Waals surface area contributed by atoms with E-state index in [2.05, 4.69) is 0 Å². The second kappa shape index (κ2) is 6.95. The van der Waals surface area contributed by atoms with Crippen molar-refractivity contribution in [1.29, 1.82) is 0 Å². The second-order valence-corrected chi connectivity index (χ2v) is 6.55. The number of hydrogen-bond acceptors (Lipinski definition) is 8. The molecule has 138 valence electrons. The van der Waals surface area contributed by atoms with E-state index in [0.717, 1.165) is 0 Å². The van der Waals surface area contributed by atoms with Crippen molar-refractivity contribution < 1.29 is 38.0 Å². The zero-order valence-corrected chi connectivity index (χ0v) is 15.0. The molecule has 8 heteroatoms. The Hall–Kier alpha value is -1.22. The molecule has 24 heavy (non-hydrogen) atoms. The molecule has 2 fully saturated rings. The summed E-state index contributed by atoms with van der Waals surface area (Å²) < 4.78 is 33.1. The summed E-state index contributed by atoms with van der Waals surface area (Å²) in [5.74, 6) is -3.16. The van der Waals surface area contributed by atoms with Crippen LogP contribution in [0.5, 0.6) is 0 Å². The number of hydrogen-bond donors (Lipinski definition) is 0. The summed E-state index contributed by atoms with van der Waals surface area (Å²) in [6.07, 6.45) is -3.73. The lowest BCUT2D eigenvalue weighted by molar-refractivity contribution is -0.177. The summed E-state index contributed by atoms with van der Waals surface area (Å²) in [6, 6.07) is 0. The molecule has 2 aliphatic heterocycles. The molecule has 2 saturated heterocycles. The van der Waals surface area contributed by atoms with Gasteiger partial charge in [-0.2, -0.15) is 0 Å². The summed E-state index contributed by atoms with van der Waals surface area (Å²) >= 11 is 0. The molecule has 2 rings (SSSR count). The van der Waals surface area contributed by atoms with Gasteiger partial charge in [0.05, 0.1) is 13.2 Å². The molecular formula is C16H26O8. The Morgan fingerprint density at radius 1 is 0.750 bits per heavy atom. The average Bonchev–Trinajstić information content (AvgIpc) is 2.95. The van der Waals surface area contributed by atoms with Crippen LogP contribution >= 0.6 is 0 Å². The fraction of sp³-hybridized carbons (Fsp3) is 0.875. The van der Waals surface area contributed by atoms with E-state index in [9.17, 15) is 9.59 Å². The zero-order valence-electron chi connectivity index (χ0n) is 15.0. The molecule has 0 radical (unpaired) electrons. The van der Waals surface area contributed by atoms with Gasteiger partial charge in [-0.15, -0.1) is 0 Å². The molecule has 8 nitrogen and oxygen atoms in total. The molecule has 4 atom stereocenters. The highest BCUT2D eigenvalue weighted by atomic mass is 16.8. The van der Waals surface area contributed by atoms with Crippen molar-refractivity contribution in [3.8, 4) is 0 Å². The van der Waals surface area contributed by atoms with E-state index in [0.29, 0.717) is 0 Å². The molecule has 0 bridgehead atoms. The predicted octanol–water partition coefficient (Wildman–Crippen LogP) is 1.15. The number of carbonyl (C=O) groups excluding carboxylic acids is 2. The van der Waals surface area contributed by atoms with Crippen LogP contribution in [-0.4, -0.2) is 61.1 Å². The van der Waals surface area contributed by atoms with Gasteiger partial charge in [0.25, 0.3) is 0 Å². The van der Waals surface area contributed by atoms with Crippen LogP contribution in [0.25, 0.3) is 0 Å². The molecule has 0 N–H and O–H groups in total.